The van der Waals surface area contributed by atoms with E-state index < -0.39 is 5.91 Å². The Morgan fingerprint density at radius 2 is 1.89 bits per heavy atom. The Balaban J connectivity index is 1.15. The van der Waals surface area contributed by atoms with Crippen LogP contribution in [-0.2, 0) is 11.3 Å². The highest BCUT2D eigenvalue weighted by Gasteiger charge is 2.30. The largest absolute Gasteiger partial charge is 0.476 e. The van der Waals surface area contributed by atoms with Crippen molar-refractivity contribution in [1.82, 2.24) is 14.9 Å². The van der Waals surface area contributed by atoms with Gasteiger partial charge in [-0.25, -0.2) is 9.97 Å². The van der Waals surface area contributed by atoms with Crippen molar-refractivity contribution in [1.29, 1.82) is 0 Å². The van der Waals surface area contributed by atoms with Crippen molar-refractivity contribution in [2.75, 3.05) is 25.0 Å². The molecule has 1 aliphatic carbocycles. The van der Waals surface area contributed by atoms with E-state index in [2.05, 4.69) is 44.5 Å². The Morgan fingerprint density at radius 1 is 1.11 bits per heavy atom. The summed E-state index contributed by atoms with van der Waals surface area (Å²) in [6, 6.07) is 14.1. The summed E-state index contributed by atoms with van der Waals surface area (Å²) in [5.74, 6) is 0.870. The molecular formula is C27H31N5O3S. The third kappa shape index (κ3) is 6.27. The normalized spacial score (nSPS) is 16.6. The Hall–Kier alpha value is -3.30. The number of likely N-dealkylation sites (tertiary alicyclic amines) is 1. The summed E-state index contributed by atoms with van der Waals surface area (Å²) in [5.41, 5.74) is 7.72. The Labute approximate surface area is 214 Å². The van der Waals surface area contributed by atoms with E-state index in [0.29, 0.717) is 28.2 Å². The van der Waals surface area contributed by atoms with Crippen molar-refractivity contribution in [3.63, 3.8) is 0 Å². The van der Waals surface area contributed by atoms with Crippen LogP contribution in [0, 0.1) is 11.8 Å². The number of pyridine rings is 1. The van der Waals surface area contributed by atoms with Gasteiger partial charge in [0.05, 0.1) is 6.61 Å². The number of carbonyl (C=O) groups excluding carboxylic acids is 2. The summed E-state index contributed by atoms with van der Waals surface area (Å²) in [7, 11) is 0. The molecule has 1 saturated heterocycles. The molecular weight excluding hydrogens is 474 g/mol. The van der Waals surface area contributed by atoms with E-state index in [1.165, 1.54) is 16.9 Å². The van der Waals surface area contributed by atoms with E-state index in [1.54, 1.807) is 18.3 Å². The second kappa shape index (κ2) is 11.2. The molecule has 0 bridgehead atoms. The number of rotatable bonds is 10. The lowest BCUT2D eigenvalue weighted by atomic mass is 9.93. The first-order valence-corrected chi connectivity index (χ1v) is 13.3. The SMILES string of the molecule is NC(=O)c1sc(-c2ccnc(NC(=O)C3CC3)c2)nc1OCCC1CCN(Cc2ccccc2)CC1. The number of piperidine rings is 1. The van der Waals surface area contributed by atoms with E-state index in [0.717, 1.165) is 57.3 Å². The van der Waals surface area contributed by atoms with Gasteiger partial charge in [-0.3, -0.25) is 14.5 Å². The first-order valence-electron chi connectivity index (χ1n) is 12.5. The highest BCUT2D eigenvalue weighted by molar-refractivity contribution is 7.17. The van der Waals surface area contributed by atoms with Crippen LogP contribution < -0.4 is 15.8 Å². The lowest BCUT2D eigenvalue weighted by Crippen LogP contribution is -2.33. The number of amides is 2. The summed E-state index contributed by atoms with van der Waals surface area (Å²) in [4.78, 5) is 35.7. The number of anilines is 1. The van der Waals surface area contributed by atoms with E-state index in [4.69, 9.17) is 10.5 Å². The van der Waals surface area contributed by atoms with Gasteiger partial charge in [-0.05, 0) is 68.8 Å². The van der Waals surface area contributed by atoms with E-state index in [1.807, 2.05) is 6.07 Å². The van der Waals surface area contributed by atoms with Crippen LogP contribution in [-0.4, -0.2) is 46.4 Å². The summed E-state index contributed by atoms with van der Waals surface area (Å²) in [6.07, 6.45) is 6.65. The number of hydrogen-bond acceptors (Lipinski definition) is 7. The third-order valence-corrected chi connectivity index (χ3v) is 7.85. The number of aromatic nitrogens is 2. The molecule has 2 aliphatic rings. The summed E-state index contributed by atoms with van der Waals surface area (Å²) in [6.45, 7) is 3.64. The quantitative estimate of drug-likeness (QED) is 0.424. The molecule has 2 amide bonds. The van der Waals surface area contributed by atoms with Gasteiger partial charge in [0.25, 0.3) is 5.91 Å². The van der Waals surface area contributed by atoms with E-state index in [9.17, 15) is 9.59 Å². The number of ether oxygens (including phenoxy) is 1. The van der Waals surface area contributed by atoms with Crippen LogP contribution >= 0.6 is 11.3 Å². The minimum absolute atomic E-state index is 0.00784. The standard InChI is InChI=1S/C27H31N5O3S/c28-24(33)23-26(31-27(36-23)21-8-12-29-22(16-21)30-25(34)20-6-7-20)35-15-11-18-9-13-32(14-10-18)17-19-4-2-1-3-5-19/h1-5,8,12,16,18,20H,6-7,9-11,13-15,17H2,(H2,28,33)(H,29,30,34). The molecule has 1 saturated carbocycles. The van der Waals surface area contributed by atoms with Crippen LogP contribution in [0.4, 0.5) is 5.82 Å². The summed E-state index contributed by atoms with van der Waals surface area (Å²) in [5, 5.41) is 3.45. The number of nitrogens with two attached hydrogens (primary N) is 1. The molecule has 9 heteroatoms. The average molecular weight is 506 g/mol. The van der Waals surface area contributed by atoms with Gasteiger partial charge in [0.15, 0.2) is 4.88 Å². The summed E-state index contributed by atoms with van der Waals surface area (Å²) >= 11 is 1.20. The maximum atomic E-state index is 12.1. The Bertz CT molecular complexity index is 1200. The van der Waals surface area contributed by atoms with Gasteiger partial charge in [0.2, 0.25) is 11.8 Å². The van der Waals surface area contributed by atoms with Crippen LogP contribution in [0.3, 0.4) is 0 Å². The minimum Gasteiger partial charge on any atom is -0.476 e. The monoisotopic (exact) mass is 505 g/mol. The molecule has 0 atom stereocenters. The van der Waals surface area contributed by atoms with Crippen LogP contribution in [0.2, 0.25) is 0 Å². The number of benzene rings is 1. The molecule has 3 aromatic rings. The number of thiazole rings is 1. The lowest BCUT2D eigenvalue weighted by molar-refractivity contribution is -0.117. The molecule has 5 rings (SSSR count). The average Bonchev–Trinajstić information content (AvgIpc) is 3.65. The molecule has 2 aromatic heterocycles. The molecule has 1 aliphatic heterocycles. The number of nitrogens with one attached hydrogen (secondary N) is 1. The van der Waals surface area contributed by atoms with Crippen LogP contribution in [0.1, 0.15) is 47.3 Å². The van der Waals surface area contributed by atoms with Crippen molar-refractivity contribution in [3.8, 4) is 16.5 Å². The van der Waals surface area contributed by atoms with Gasteiger partial charge in [0.1, 0.15) is 10.8 Å². The maximum absolute atomic E-state index is 12.1. The Morgan fingerprint density at radius 3 is 2.61 bits per heavy atom. The van der Waals surface area contributed by atoms with Crippen LogP contribution in [0.5, 0.6) is 5.88 Å². The fourth-order valence-electron chi connectivity index (χ4n) is 4.49. The number of nitrogens with zero attached hydrogens (tertiary/aromatic N) is 3. The van der Waals surface area contributed by atoms with Crippen molar-refractivity contribution in [2.45, 2.75) is 38.6 Å². The first-order chi connectivity index (χ1) is 17.5. The number of hydrogen-bond donors (Lipinski definition) is 2. The van der Waals surface area contributed by atoms with Gasteiger partial charge >= 0.3 is 0 Å². The van der Waals surface area contributed by atoms with Gasteiger partial charge in [-0.15, -0.1) is 11.3 Å². The fraction of sp³-hybridized carbons (Fsp3) is 0.407. The van der Waals surface area contributed by atoms with Crippen LogP contribution in [0.15, 0.2) is 48.7 Å². The first kappa shape index (κ1) is 24.4. The molecule has 36 heavy (non-hydrogen) atoms. The second-order valence-electron chi connectivity index (χ2n) is 9.55. The van der Waals surface area contributed by atoms with Crippen LogP contribution in [0.25, 0.3) is 10.6 Å². The zero-order chi connectivity index (χ0) is 24.9. The van der Waals surface area contributed by atoms with Crippen molar-refractivity contribution in [2.24, 2.45) is 17.6 Å². The molecule has 0 spiro atoms. The zero-order valence-electron chi connectivity index (χ0n) is 20.2. The molecule has 2 fully saturated rings. The summed E-state index contributed by atoms with van der Waals surface area (Å²) < 4.78 is 5.96. The van der Waals surface area contributed by atoms with Crippen molar-refractivity contribution in [3.05, 3.63) is 59.1 Å². The van der Waals surface area contributed by atoms with Gasteiger partial charge in [-0.2, -0.15) is 0 Å². The highest BCUT2D eigenvalue weighted by Crippen LogP contribution is 2.34. The van der Waals surface area contributed by atoms with Crippen molar-refractivity contribution >= 4 is 29.0 Å². The molecule has 0 radical (unpaired) electrons. The van der Waals surface area contributed by atoms with Gasteiger partial charge < -0.3 is 15.8 Å². The lowest BCUT2D eigenvalue weighted by Gasteiger charge is -2.31. The minimum atomic E-state index is -0.556. The molecule has 3 heterocycles. The number of carbonyl (C=O) groups is 2. The molecule has 0 unspecified atom stereocenters. The number of primary amides is 1. The Kier molecular flexibility index (Phi) is 7.58. The maximum Gasteiger partial charge on any atom is 0.264 e. The van der Waals surface area contributed by atoms with Gasteiger partial charge in [-0.1, -0.05) is 30.3 Å². The second-order valence-corrected chi connectivity index (χ2v) is 10.6. The molecule has 8 nitrogen and oxygen atoms in total. The predicted molar refractivity (Wildman–Crippen MR) is 140 cm³/mol. The molecule has 188 valence electrons. The topological polar surface area (TPSA) is 110 Å². The van der Waals surface area contributed by atoms with E-state index in [-0.39, 0.29) is 17.7 Å². The molecule has 1 aromatic carbocycles. The zero-order valence-corrected chi connectivity index (χ0v) is 21.0. The predicted octanol–water partition coefficient (Wildman–Crippen LogP) is 4.33. The van der Waals surface area contributed by atoms with E-state index >= 15 is 0 Å². The van der Waals surface area contributed by atoms with Crippen molar-refractivity contribution < 1.29 is 14.3 Å². The smallest absolute Gasteiger partial charge is 0.264 e. The fourth-order valence-corrected chi connectivity index (χ4v) is 5.35. The molecule has 3 N–H and O–H groups in total. The highest BCUT2D eigenvalue weighted by atomic mass is 32.1. The van der Waals surface area contributed by atoms with Gasteiger partial charge in [0, 0.05) is 24.2 Å². The third-order valence-electron chi connectivity index (χ3n) is 6.75.